The molecular weight excluding hydrogens is 296 g/mol. The first-order valence-corrected chi connectivity index (χ1v) is 9.23. The number of aliphatic hydroxyl groups is 1. The van der Waals surface area contributed by atoms with Gasteiger partial charge < -0.3 is 15.3 Å². The standard InChI is InChI=1S/C17H28N2O2S/c1-4-5-11-19(2)16-8-6-14(7-9-16)17(21)18-15(10-12-20)13-22-3/h6-9,15,20H,4-5,10-13H2,1-3H3,(H,18,21)/t15-/m0/s1. The molecule has 0 aromatic heterocycles. The monoisotopic (exact) mass is 324 g/mol. The summed E-state index contributed by atoms with van der Waals surface area (Å²) in [6.07, 6.45) is 4.92. The fraction of sp³-hybridized carbons (Fsp3) is 0.588. The fourth-order valence-corrected chi connectivity index (χ4v) is 2.87. The van der Waals surface area contributed by atoms with E-state index in [1.165, 1.54) is 6.42 Å². The Morgan fingerprint density at radius 2 is 2.05 bits per heavy atom. The molecule has 22 heavy (non-hydrogen) atoms. The van der Waals surface area contributed by atoms with Crippen LogP contribution in [0, 0.1) is 0 Å². The van der Waals surface area contributed by atoms with Crippen LogP contribution in [0.3, 0.4) is 0 Å². The highest BCUT2D eigenvalue weighted by Gasteiger charge is 2.13. The Bertz CT molecular complexity index is 431. The molecule has 2 N–H and O–H groups in total. The summed E-state index contributed by atoms with van der Waals surface area (Å²) in [5, 5.41) is 12.0. The van der Waals surface area contributed by atoms with Crippen LogP contribution in [0.15, 0.2) is 24.3 Å². The number of aliphatic hydroxyl groups excluding tert-OH is 1. The Balaban J connectivity index is 2.62. The van der Waals surface area contributed by atoms with Gasteiger partial charge in [-0.3, -0.25) is 4.79 Å². The molecule has 0 saturated carbocycles. The van der Waals surface area contributed by atoms with Crippen LogP contribution in [0.1, 0.15) is 36.5 Å². The van der Waals surface area contributed by atoms with E-state index < -0.39 is 0 Å². The van der Waals surface area contributed by atoms with Crippen LogP contribution in [0.5, 0.6) is 0 Å². The zero-order valence-electron chi connectivity index (χ0n) is 13.8. The van der Waals surface area contributed by atoms with Crippen LogP contribution in [0.25, 0.3) is 0 Å². The Morgan fingerprint density at radius 3 is 2.59 bits per heavy atom. The van der Waals surface area contributed by atoms with Gasteiger partial charge in [0.05, 0.1) is 0 Å². The van der Waals surface area contributed by atoms with Crippen molar-refractivity contribution in [2.75, 3.05) is 37.1 Å². The molecule has 1 aromatic rings. The Labute approximate surface area is 138 Å². The van der Waals surface area contributed by atoms with E-state index in [2.05, 4.69) is 24.2 Å². The number of benzene rings is 1. The Morgan fingerprint density at radius 1 is 1.36 bits per heavy atom. The molecule has 0 radical (unpaired) electrons. The van der Waals surface area contributed by atoms with Gasteiger partial charge in [-0.1, -0.05) is 13.3 Å². The predicted octanol–water partition coefficient (Wildman–Crippen LogP) is 2.77. The molecule has 1 atom stereocenters. The lowest BCUT2D eigenvalue weighted by molar-refractivity contribution is 0.0935. The van der Waals surface area contributed by atoms with Gasteiger partial charge in [0, 0.05) is 43.2 Å². The number of nitrogens with zero attached hydrogens (tertiary/aromatic N) is 1. The maximum atomic E-state index is 12.2. The lowest BCUT2D eigenvalue weighted by atomic mass is 10.1. The first-order valence-electron chi connectivity index (χ1n) is 7.84. The average molecular weight is 324 g/mol. The fourth-order valence-electron chi connectivity index (χ4n) is 2.21. The molecule has 0 spiro atoms. The summed E-state index contributed by atoms with van der Waals surface area (Å²) < 4.78 is 0. The molecule has 0 aliphatic rings. The highest BCUT2D eigenvalue weighted by atomic mass is 32.2. The second kappa shape index (κ2) is 10.5. The summed E-state index contributed by atoms with van der Waals surface area (Å²) in [6, 6.07) is 7.71. The van der Waals surface area contributed by atoms with E-state index in [1.54, 1.807) is 11.8 Å². The van der Waals surface area contributed by atoms with Crippen molar-refractivity contribution < 1.29 is 9.90 Å². The lowest BCUT2D eigenvalue weighted by Gasteiger charge is -2.20. The van der Waals surface area contributed by atoms with E-state index in [0.717, 1.165) is 24.4 Å². The number of carbonyl (C=O) groups excluding carboxylic acids is 1. The molecule has 124 valence electrons. The Hall–Kier alpha value is -1.20. The molecule has 1 aromatic carbocycles. The van der Waals surface area contributed by atoms with Crippen LogP contribution in [0.4, 0.5) is 5.69 Å². The molecule has 5 heteroatoms. The predicted molar refractivity (Wildman–Crippen MR) is 96.0 cm³/mol. The third-order valence-electron chi connectivity index (χ3n) is 3.60. The zero-order valence-corrected chi connectivity index (χ0v) is 14.7. The highest BCUT2D eigenvalue weighted by Crippen LogP contribution is 2.15. The van der Waals surface area contributed by atoms with Gasteiger partial charge >= 0.3 is 0 Å². The van der Waals surface area contributed by atoms with E-state index in [9.17, 15) is 4.79 Å². The average Bonchev–Trinajstić information content (AvgIpc) is 2.53. The second-order valence-corrected chi connectivity index (χ2v) is 6.37. The van der Waals surface area contributed by atoms with Crippen molar-refractivity contribution in [3.63, 3.8) is 0 Å². The topological polar surface area (TPSA) is 52.6 Å². The number of rotatable bonds is 10. The summed E-state index contributed by atoms with van der Waals surface area (Å²) in [6.45, 7) is 3.29. The minimum atomic E-state index is -0.0738. The van der Waals surface area contributed by atoms with E-state index >= 15 is 0 Å². The summed E-state index contributed by atoms with van der Waals surface area (Å²) >= 11 is 1.67. The number of carbonyl (C=O) groups is 1. The van der Waals surface area contributed by atoms with Gasteiger partial charge in [0.25, 0.3) is 5.91 Å². The molecule has 0 bridgehead atoms. The van der Waals surface area contributed by atoms with Crippen molar-refractivity contribution in [1.29, 1.82) is 0 Å². The largest absolute Gasteiger partial charge is 0.396 e. The van der Waals surface area contributed by atoms with Gasteiger partial charge in [0.2, 0.25) is 0 Å². The maximum Gasteiger partial charge on any atom is 0.251 e. The van der Waals surface area contributed by atoms with E-state index in [1.807, 2.05) is 30.5 Å². The third-order valence-corrected chi connectivity index (χ3v) is 4.33. The molecule has 0 aliphatic carbocycles. The van der Waals surface area contributed by atoms with Crippen LogP contribution < -0.4 is 10.2 Å². The smallest absolute Gasteiger partial charge is 0.251 e. The summed E-state index contributed by atoms with van der Waals surface area (Å²) in [5.41, 5.74) is 1.79. The number of hydrogen-bond donors (Lipinski definition) is 2. The molecule has 0 heterocycles. The number of anilines is 1. The van der Waals surface area contributed by atoms with Gasteiger partial charge in [-0.25, -0.2) is 0 Å². The summed E-state index contributed by atoms with van der Waals surface area (Å²) in [4.78, 5) is 14.4. The molecule has 0 fully saturated rings. The minimum absolute atomic E-state index is 0.0133. The first-order chi connectivity index (χ1) is 10.6. The second-order valence-electron chi connectivity index (χ2n) is 5.46. The van der Waals surface area contributed by atoms with Crippen molar-refractivity contribution in [2.45, 2.75) is 32.2 Å². The molecule has 1 amide bonds. The van der Waals surface area contributed by atoms with Gasteiger partial charge in [0.15, 0.2) is 0 Å². The lowest BCUT2D eigenvalue weighted by Crippen LogP contribution is -2.37. The van der Waals surface area contributed by atoms with Crippen LogP contribution in [0.2, 0.25) is 0 Å². The van der Waals surface area contributed by atoms with E-state index in [-0.39, 0.29) is 18.6 Å². The summed E-state index contributed by atoms with van der Waals surface area (Å²) in [7, 11) is 2.07. The van der Waals surface area contributed by atoms with Gasteiger partial charge in [-0.15, -0.1) is 0 Å². The van der Waals surface area contributed by atoms with Crippen LogP contribution >= 0.6 is 11.8 Å². The zero-order chi connectivity index (χ0) is 16.4. The normalized spacial score (nSPS) is 12.0. The molecule has 4 nitrogen and oxygen atoms in total. The molecule has 0 saturated heterocycles. The minimum Gasteiger partial charge on any atom is -0.396 e. The third kappa shape index (κ3) is 6.28. The van der Waals surface area contributed by atoms with Crippen molar-refractivity contribution in [2.24, 2.45) is 0 Å². The van der Waals surface area contributed by atoms with E-state index in [0.29, 0.717) is 12.0 Å². The molecule has 0 aliphatic heterocycles. The Kier molecular flexibility index (Phi) is 9.01. The number of thioether (sulfide) groups is 1. The van der Waals surface area contributed by atoms with Crippen molar-refractivity contribution in [1.82, 2.24) is 5.32 Å². The van der Waals surface area contributed by atoms with E-state index in [4.69, 9.17) is 5.11 Å². The SMILES string of the molecule is CCCCN(C)c1ccc(C(=O)N[C@@H](CCO)CSC)cc1. The van der Waals surface area contributed by atoms with Crippen LogP contribution in [-0.2, 0) is 0 Å². The van der Waals surface area contributed by atoms with Gasteiger partial charge in [0.1, 0.15) is 0 Å². The summed E-state index contributed by atoms with van der Waals surface area (Å²) in [5.74, 6) is 0.736. The van der Waals surface area contributed by atoms with Crippen molar-refractivity contribution in [3.8, 4) is 0 Å². The maximum absolute atomic E-state index is 12.2. The van der Waals surface area contributed by atoms with Crippen molar-refractivity contribution in [3.05, 3.63) is 29.8 Å². The van der Waals surface area contributed by atoms with Gasteiger partial charge in [-0.05, 0) is 43.4 Å². The molecule has 0 unspecified atom stereocenters. The quantitative estimate of drug-likeness (QED) is 0.695. The number of unbranched alkanes of at least 4 members (excludes halogenated alkanes) is 1. The number of amides is 1. The number of nitrogens with one attached hydrogen (secondary N) is 1. The number of hydrogen-bond acceptors (Lipinski definition) is 4. The van der Waals surface area contributed by atoms with Crippen LogP contribution in [-0.4, -0.2) is 49.3 Å². The molecule has 1 rings (SSSR count). The molecular formula is C17H28N2O2S. The first kappa shape index (κ1) is 18.8. The van der Waals surface area contributed by atoms with Gasteiger partial charge in [-0.2, -0.15) is 11.8 Å². The highest BCUT2D eigenvalue weighted by molar-refractivity contribution is 7.98. The van der Waals surface area contributed by atoms with Crippen molar-refractivity contribution >= 4 is 23.4 Å².